The number of hydrogen-bond donors (Lipinski definition) is 1. The number of nitrogens with one attached hydrogen (secondary N) is 1. The maximum atomic E-state index is 11.3. The zero-order valence-corrected chi connectivity index (χ0v) is 12.0. The van der Waals surface area contributed by atoms with E-state index in [9.17, 15) is 8.42 Å². The maximum Gasteiger partial charge on any atom is 0.150 e. The summed E-state index contributed by atoms with van der Waals surface area (Å²) in [6.45, 7) is 2.38. The Bertz CT molecular complexity index is 617. The molecule has 0 saturated carbocycles. The second kappa shape index (κ2) is 5.71. The quantitative estimate of drug-likeness (QED) is 0.828. The van der Waals surface area contributed by atoms with E-state index in [0.717, 1.165) is 5.69 Å². The van der Waals surface area contributed by atoms with E-state index in [1.807, 2.05) is 6.07 Å². The third-order valence-corrected chi connectivity index (χ3v) is 5.54. The number of benzene rings is 1. The summed E-state index contributed by atoms with van der Waals surface area (Å²) in [6.07, 6.45) is 0.651. The smallest absolute Gasteiger partial charge is 0.150 e. The van der Waals surface area contributed by atoms with Gasteiger partial charge in [-0.3, -0.25) is 0 Å². The Labute approximate surface area is 112 Å². The molecule has 0 atom stereocenters. The molecule has 0 radical (unpaired) electrons. The molecule has 18 heavy (non-hydrogen) atoms. The van der Waals surface area contributed by atoms with Crippen LogP contribution in [0, 0.1) is 0 Å². The van der Waals surface area contributed by atoms with Crippen molar-refractivity contribution < 1.29 is 8.42 Å². The number of anilines is 1. The Balaban J connectivity index is 1.86. The highest BCUT2D eigenvalue weighted by atomic mass is 32.2. The van der Waals surface area contributed by atoms with E-state index < -0.39 is 9.84 Å². The normalized spacial score (nSPS) is 11.8. The van der Waals surface area contributed by atoms with Crippen molar-refractivity contribution >= 4 is 36.9 Å². The highest BCUT2D eigenvalue weighted by molar-refractivity contribution is 7.91. The predicted molar refractivity (Wildman–Crippen MR) is 79.3 cm³/mol. The van der Waals surface area contributed by atoms with Crippen LogP contribution in [0.5, 0.6) is 0 Å². The Morgan fingerprint density at radius 2 is 2.11 bits per heavy atom. The number of sulfone groups is 1. The van der Waals surface area contributed by atoms with Crippen molar-refractivity contribution in [3.8, 4) is 0 Å². The number of thiophene rings is 1. The fourth-order valence-electron chi connectivity index (χ4n) is 1.75. The van der Waals surface area contributed by atoms with Crippen LogP contribution in [0.15, 0.2) is 29.6 Å². The Morgan fingerprint density at radius 1 is 1.28 bits per heavy atom. The van der Waals surface area contributed by atoms with E-state index in [-0.39, 0.29) is 11.5 Å². The Hall–Kier alpha value is -1.07. The van der Waals surface area contributed by atoms with Crippen LogP contribution >= 0.6 is 11.3 Å². The largest absolute Gasteiger partial charge is 0.385 e. The second-order valence-electron chi connectivity index (χ2n) is 4.19. The van der Waals surface area contributed by atoms with Crippen LogP contribution in [-0.4, -0.2) is 26.5 Å². The summed E-state index contributed by atoms with van der Waals surface area (Å²) in [7, 11) is -2.84. The number of fused-ring (bicyclic) bond motifs is 1. The highest BCUT2D eigenvalue weighted by Gasteiger charge is 2.06. The highest BCUT2D eigenvalue weighted by Crippen LogP contribution is 2.23. The second-order valence-corrected chi connectivity index (χ2v) is 7.61. The first kappa shape index (κ1) is 13.4. The van der Waals surface area contributed by atoms with Crippen LogP contribution in [0.25, 0.3) is 10.1 Å². The van der Waals surface area contributed by atoms with E-state index >= 15 is 0 Å². The van der Waals surface area contributed by atoms with Crippen molar-refractivity contribution in [2.45, 2.75) is 13.3 Å². The van der Waals surface area contributed by atoms with Crippen molar-refractivity contribution in [3.63, 3.8) is 0 Å². The van der Waals surface area contributed by atoms with Crippen LogP contribution in [0.4, 0.5) is 5.69 Å². The van der Waals surface area contributed by atoms with Gasteiger partial charge in [0.25, 0.3) is 0 Å². The Kier molecular flexibility index (Phi) is 4.24. The minimum absolute atomic E-state index is 0.230. The lowest BCUT2D eigenvalue weighted by Crippen LogP contribution is -2.12. The topological polar surface area (TPSA) is 46.2 Å². The molecule has 5 heteroatoms. The Morgan fingerprint density at radius 3 is 2.89 bits per heavy atom. The van der Waals surface area contributed by atoms with E-state index in [4.69, 9.17) is 0 Å². The van der Waals surface area contributed by atoms with Gasteiger partial charge >= 0.3 is 0 Å². The molecule has 2 aromatic rings. The van der Waals surface area contributed by atoms with Gasteiger partial charge in [-0.1, -0.05) is 6.92 Å². The summed E-state index contributed by atoms with van der Waals surface area (Å²) in [6, 6.07) is 8.31. The first-order chi connectivity index (χ1) is 8.61. The van der Waals surface area contributed by atoms with Crippen molar-refractivity contribution in [1.29, 1.82) is 0 Å². The van der Waals surface area contributed by atoms with Gasteiger partial charge < -0.3 is 5.32 Å². The van der Waals surface area contributed by atoms with Gasteiger partial charge in [-0.2, -0.15) is 0 Å². The molecule has 0 aliphatic rings. The van der Waals surface area contributed by atoms with Crippen LogP contribution in [0.2, 0.25) is 0 Å². The van der Waals surface area contributed by atoms with Gasteiger partial charge in [0.2, 0.25) is 0 Å². The minimum Gasteiger partial charge on any atom is -0.385 e. The molecule has 1 heterocycles. The molecule has 0 bridgehead atoms. The molecule has 0 aliphatic carbocycles. The fraction of sp³-hybridized carbons (Fsp3) is 0.385. The minimum atomic E-state index is -2.84. The third kappa shape index (κ3) is 3.46. The maximum absolute atomic E-state index is 11.3. The molecule has 98 valence electrons. The molecule has 1 N–H and O–H groups in total. The molecule has 0 unspecified atom stereocenters. The lowest BCUT2D eigenvalue weighted by Gasteiger charge is -2.06. The third-order valence-electron chi connectivity index (χ3n) is 2.85. The van der Waals surface area contributed by atoms with Crippen LogP contribution < -0.4 is 5.32 Å². The van der Waals surface area contributed by atoms with Crippen molar-refractivity contribution in [2.75, 3.05) is 23.4 Å². The average molecular weight is 283 g/mol. The molecule has 0 saturated heterocycles. The monoisotopic (exact) mass is 283 g/mol. The van der Waals surface area contributed by atoms with Gasteiger partial charge in [-0.15, -0.1) is 11.3 Å². The van der Waals surface area contributed by atoms with Crippen molar-refractivity contribution in [3.05, 3.63) is 29.6 Å². The van der Waals surface area contributed by atoms with Gasteiger partial charge in [-0.25, -0.2) is 8.42 Å². The number of rotatable bonds is 6. The van der Waals surface area contributed by atoms with Crippen LogP contribution in [-0.2, 0) is 9.84 Å². The van der Waals surface area contributed by atoms with Gasteiger partial charge in [0.05, 0.1) is 5.75 Å². The first-order valence-corrected chi connectivity index (χ1v) is 8.72. The van der Waals surface area contributed by atoms with E-state index in [0.29, 0.717) is 13.0 Å². The lowest BCUT2D eigenvalue weighted by atomic mass is 10.2. The summed E-state index contributed by atoms with van der Waals surface area (Å²) < 4.78 is 23.9. The molecule has 1 aromatic carbocycles. The van der Waals surface area contributed by atoms with Crippen LogP contribution in [0.1, 0.15) is 13.3 Å². The first-order valence-electron chi connectivity index (χ1n) is 6.02. The summed E-state index contributed by atoms with van der Waals surface area (Å²) >= 11 is 1.72. The fourth-order valence-corrected chi connectivity index (χ4v) is 3.39. The van der Waals surface area contributed by atoms with Gasteiger partial charge in [0, 0.05) is 22.7 Å². The molecule has 0 aliphatic heterocycles. The zero-order chi connectivity index (χ0) is 13.0. The average Bonchev–Trinajstić information content (AvgIpc) is 2.82. The van der Waals surface area contributed by atoms with Crippen molar-refractivity contribution in [2.24, 2.45) is 0 Å². The lowest BCUT2D eigenvalue weighted by molar-refractivity contribution is 0.595. The van der Waals surface area contributed by atoms with E-state index in [1.165, 1.54) is 10.1 Å². The predicted octanol–water partition coefficient (Wildman–Crippen LogP) is 3.14. The standard InChI is InChI=1S/C13H17NO2S2/c1-2-18(15,16)9-3-7-14-12-4-5-13-11(10-12)6-8-17-13/h4-6,8,10,14H,2-3,7,9H2,1H3. The number of hydrogen-bond acceptors (Lipinski definition) is 4. The van der Waals surface area contributed by atoms with E-state index in [1.54, 1.807) is 18.3 Å². The van der Waals surface area contributed by atoms with Crippen LogP contribution in [0.3, 0.4) is 0 Å². The van der Waals surface area contributed by atoms with Gasteiger partial charge in [-0.05, 0) is 41.5 Å². The van der Waals surface area contributed by atoms with E-state index in [2.05, 4.69) is 28.9 Å². The SMILES string of the molecule is CCS(=O)(=O)CCCNc1ccc2sccc2c1. The molecule has 3 nitrogen and oxygen atoms in total. The van der Waals surface area contributed by atoms with Gasteiger partial charge in [0.15, 0.2) is 0 Å². The molecule has 2 rings (SSSR count). The van der Waals surface area contributed by atoms with Crippen molar-refractivity contribution in [1.82, 2.24) is 0 Å². The molecule has 0 fully saturated rings. The molecule has 1 aromatic heterocycles. The molecule has 0 amide bonds. The zero-order valence-electron chi connectivity index (χ0n) is 10.3. The van der Waals surface area contributed by atoms with Gasteiger partial charge in [0.1, 0.15) is 9.84 Å². The summed E-state index contributed by atoms with van der Waals surface area (Å²) in [5.74, 6) is 0.491. The molecular weight excluding hydrogens is 266 g/mol. The summed E-state index contributed by atoms with van der Waals surface area (Å²) in [5, 5.41) is 6.56. The molecular formula is C13H17NO2S2. The summed E-state index contributed by atoms with van der Waals surface area (Å²) in [5.41, 5.74) is 1.05. The molecule has 0 spiro atoms. The summed E-state index contributed by atoms with van der Waals surface area (Å²) in [4.78, 5) is 0.